The molecule has 9 heteroatoms. The normalized spacial score (nSPS) is 26.7. The number of amides is 3. The fourth-order valence-electron chi connectivity index (χ4n) is 6.47. The van der Waals surface area contributed by atoms with Crippen LogP contribution >= 0.6 is 0 Å². The summed E-state index contributed by atoms with van der Waals surface area (Å²) in [5, 5.41) is 16.2. The number of rotatable bonds is 4. The Labute approximate surface area is 218 Å². The van der Waals surface area contributed by atoms with Gasteiger partial charge in [-0.2, -0.15) is 0 Å². The lowest BCUT2D eigenvalue weighted by atomic mass is 9.76. The lowest BCUT2D eigenvalue weighted by Crippen LogP contribution is -2.53. The van der Waals surface area contributed by atoms with Gasteiger partial charge in [-0.1, -0.05) is 36.4 Å². The van der Waals surface area contributed by atoms with E-state index in [1.54, 1.807) is 36.4 Å². The van der Waals surface area contributed by atoms with Crippen LogP contribution in [0.3, 0.4) is 0 Å². The van der Waals surface area contributed by atoms with E-state index in [9.17, 15) is 19.5 Å². The molecule has 1 spiro atoms. The van der Waals surface area contributed by atoms with Gasteiger partial charge in [0.1, 0.15) is 11.3 Å². The average molecular weight is 512 g/mol. The largest absolute Gasteiger partial charge is 0.508 e. The maximum absolute atomic E-state index is 14.1. The molecule has 0 aliphatic carbocycles. The number of ether oxygens (including phenoxy) is 2. The molecule has 3 amide bonds. The quantitative estimate of drug-likeness (QED) is 0.461. The molecule has 3 aromatic rings. The lowest BCUT2D eigenvalue weighted by Gasteiger charge is -2.29. The van der Waals surface area contributed by atoms with Crippen LogP contribution in [0.1, 0.15) is 22.3 Å². The third-order valence-corrected chi connectivity index (χ3v) is 8.22. The second-order valence-corrected chi connectivity index (χ2v) is 10.3. The molecule has 0 saturated carbocycles. The van der Waals surface area contributed by atoms with E-state index < -0.39 is 23.4 Å². The Kier molecular flexibility index (Phi) is 4.84. The number of likely N-dealkylation sites (tertiary alicyclic amines) is 1. The molecule has 4 aliphatic heterocycles. The van der Waals surface area contributed by atoms with E-state index in [2.05, 4.69) is 10.6 Å². The predicted octanol–water partition coefficient (Wildman–Crippen LogP) is 2.59. The number of phenolic OH excluding ortho intramolecular Hbond substituents is 1. The molecule has 7 rings (SSSR count). The highest BCUT2D eigenvalue weighted by atomic mass is 16.7. The van der Waals surface area contributed by atoms with Gasteiger partial charge < -0.3 is 19.9 Å². The first-order valence-corrected chi connectivity index (χ1v) is 12.6. The number of fused-ring (bicyclic) bond motifs is 5. The minimum atomic E-state index is -1.36. The van der Waals surface area contributed by atoms with Crippen molar-refractivity contribution in [3.63, 3.8) is 0 Å². The molecule has 4 aliphatic rings. The van der Waals surface area contributed by atoms with Crippen molar-refractivity contribution in [2.45, 2.75) is 31.5 Å². The number of aromatic hydroxyl groups is 1. The Balaban J connectivity index is 1.30. The van der Waals surface area contributed by atoms with Crippen LogP contribution in [-0.2, 0) is 32.9 Å². The van der Waals surface area contributed by atoms with Crippen molar-refractivity contribution in [2.75, 3.05) is 12.1 Å². The van der Waals surface area contributed by atoms with Crippen LogP contribution in [0.5, 0.6) is 17.2 Å². The maximum atomic E-state index is 14.1. The number of aryl methyl sites for hydroxylation is 1. The van der Waals surface area contributed by atoms with Crippen LogP contribution in [0.2, 0.25) is 0 Å². The van der Waals surface area contributed by atoms with Gasteiger partial charge in [-0.25, -0.2) is 0 Å². The van der Waals surface area contributed by atoms with Gasteiger partial charge in [0.25, 0.3) is 0 Å². The number of nitrogens with zero attached hydrogens (tertiary/aromatic N) is 1. The highest BCUT2D eigenvalue weighted by Gasteiger charge is 2.70. The minimum Gasteiger partial charge on any atom is -0.508 e. The third kappa shape index (κ3) is 3.11. The van der Waals surface area contributed by atoms with E-state index >= 15 is 0 Å². The Morgan fingerprint density at radius 1 is 0.974 bits per heavy atom. The summed E-state index contributed by atoms with van der Waals surface area (Å²) in [4.78, 5) is 43.0. The smallest absolute Gasteiger partial charge is 0.250 e. The number of carbonyl (C=O) groups is 3. The van der Waals surface area contributed by atoms with Crippen LogP contribution in [0.4, 0.5) is 5.69 Å². The summed E-state index contributed by atoms with van der Waals surface area (Å²) < 4.78 is 10.9. The number of phenols is 1. The standard InChI is InChI=1S/C29H25N3O6/c1-15-3-2-4-19-25(15)30-28(36)29(19)24-23(20(31-29)11-16-5-8-18(33)9-6-16)26(34)32(27(24)35)13-17-7-10-21-22(12-17)38-14-37-21/h2-10,12,20,23-24,31,33H,11,13-14H2,1H3,(H,30,36). The Hall–Kier alpha value is -4.37. The van der Waals surface area contributed by atoms with Gasteiger partial charge in [0.2, 0.25) is 24.5 Å². The average Bonchev–Trinajstić information content (AvgIpc) is 3.63. The second kappa shape index (κ2) is 8.06. The molecule has 2 saturated heterocycles. The van der Waals surface area contributed by atoms with Crippen molar-refractivity contribution < 1.29 is 29.0 Å². The van der Waals surface area contributed by atoms with E-state index in [1.807, 2.05) is 31.2 Å². The molecule has 4 atom stereocenters. The zero-order valence-corrected chi connectivity index (χ0v) is 20.6. The highest BCUT2D eigenvalue weighted by molar-refractivity contribution is 6.15. The summed E-state index contributed by atoms with van der Waals surface area (Å²) in [5.74, 6) is -1.29. The SMILES string of the molecule is Cc1cccc2c1NC(=O)C21NC(Cc2ccc(O)cc2)C2C(=O)N(Cc3ccc4c(c3)OCO4)C(=O)C21. The Morgan fingerprint density at radius 3 is 2.55 bits per heavy atom. The van der Waals surface area contributed by atoms with Crippen molar-refractivity contribution in [3.05, 3.63) is 82.9 Å². The minimum absolute atomic E-state index is 0.0750. The molecular weight excluding hydrogens is 486 g/mol. The molecule has 4 heterocycles. The van der Waals surface area contributed by atoms with E-state index in [4.69, 9.17) is 9.47 Å². The molecule has 0 bridgehead atoms. The van der Waals surface area contributed by atoms with Gasteiger partial charge in [0.05, 0.1) is 18.4 Å². The number of nitrogens with one attached hydrogen (secondary N) is 2. The van der Waals surface area contributed by atoms with Crippen LogP contribution < -0.4 is 20.1 Å². The summed E-state index contributed by atoms with van der Waals surface area (Å²) >= 11 is 0. The number of anilines is 1. The molecule has 192 valence electrons. The van der Waals surface area contributed by atoms with Gasteiger partial charge in [-0.15, -0.1) is 0 Å². The molecule has 38 heavy (non-hydrogen) atoms. The van der Waals surface area contributed by atoms with Gasteiger partial charge in [-0.3, -0.25) is 24.6 Å². The fraction of sp³-hybridized carbons (Fsp3) is 0.276. The summed E-state index contributed by atoms with van der Waals surface area (Å²) in [7, 11) is 0. The molecule has 4 unspecified atom stereocenters. The van der Waals surface area contributed by atoms with Crippen LogP contribution in [0.25, 0.3) is 0 Å². The van der Waals surface area contributed by atoms with Gasteiger partial charge in [-0.05, 0) is 54.3 Å². The maximum Gasteiger partial charge on any atom is 0.250 e. The van der Waals surface area contributed by atoms with E-state index in [-0.39, 0.29) is 36.8 Å². The molecule has 3 aromatic carbocycles. The van der Waals surface area contributed by atoms with Gasteiger partial charge >= 0.3 is 0 Å². The van der Waals surface area contributed by atoms with Crippen molar-refractivity contribution in [2.24, 2.45) is 11.8 Å². The first-order valence-electron chi connectivity index (χ1n) is 12.6. The Bertz CT molecular complexity index is 1520. The number of para-hydroxylation sites is 1. The number of benzene rings is 3. The summed E-state index contributed by atoms with van der Waals surface area (Å²) in [6.07, 6.45) is 0.411. The van der Waals surface area contributed by atoms with Gasteiger partial charge in [0, 0.05) is 17.3 Å². The second-order valence-electron chi connectivity index (χ2n) is 10.3. The third-order valence-electron chi connectivity index (χ3n) is 8.22. The predicted molar refractivity (Wildman–Crippen MR) is 135 cm³/mol. The van der Waals surface area contributed by atoms with E-state index in [0.717, 1.165) is 16.7 Å². The van der Waals surface area contributed by atoms with Crippen molar-refractivity contribution >= 4 is 23.4 Å². The van der Waals surface area contributed by atoms with Gasteiger partial charge in [0.15, 0.2) is 11.5 Å². The first-order chi connectivity index (χ1) is 18.4. The molecule has 0 radical (unpaired) electrons. The van der Waals surface area contributed by atoms with Crippen LogP contribution in [0, 0.1) is 18.8 Å². The molecule has 2 fully saturated rings. The first kappa shape index (κ1) is 22.8. The molecule has 9 nitrogen and oxygen atoms in total. The number of carbonyl (C=O) groups excluding carboxylic acids is 3. The topological polar surface area (TPSA) is 117 Å². The Morgan fingerprint density at radius 2 is 1.74 bits per heavy atom. The zero-order chi connectivity index (χ0) is 26.2. The number of imide groups is 1. The fourth-order valence-corrected chi connectivity index (χ4v) is 6.47. The van der Waals surface area contributed by atoms with E-state index in [0.29, 0.717) is 29.2 Å². The summed E-state index contributed by atoms with van der Waals surface area (Å²) in [6, 6.07) is 17.3. The summed E-state index contributed by atoms with van der Waals surface area (Å²) in [5.41, 5.74) is 2.53. The highest BCUT2D eigenvalue weighted by Crippen LogP contribution is 2.54. The molecule has 3 N–H and O–H groups in total. The van der Waals surface area contributed by atoms with Crippen LogP contribution in [-0.4, -0.2) is 40.6 Å². The van der Waals surface area contributed by atoms with Crippen molar-refractivity contribution in [1.82, 2.24) is 10.2 Å². The van der Waals surface area contributed by atoms with E-state index in [1.165, 1.54) is 4.90 Å². The lowest BCUT2D eigenvalue weighted by molar-refractivity contribution is -0.143. The van der Waals surface area contributed by atoms with Crippen molar-refractivity contribution in [1.29, 1.82) is 0 Å². The van der Waals surface area contributed by atoms with Crippen molar-refractivity contribution in [3.8, 4) is 17.2 Å². The van der Waals surface area contributed by atoms with Crippen LogP contribution in [0.15, 0.2) is 60.7 Å². The molecular formula is C29H25N3O6. The number of hydrogen-bond donors (Lipinski definition) is 3. The zero-order valence-electron chi connectivity index (χ0n) is 20.6. The molecule has 0 aromatic heterocycles. The monoisotopic (exact) mass is 511 g/mol. The summed E-state index contributed by atoms with van der Waals surface area (Å²) in [6.45, 7) is 2.11. The number of hydrogen-bond acceptors (Lipinski definition) is 7.